The van der Waals surface area contributed by atoms with Crippen molar-refractivity contribution in [1.82, 2.24) is 9.88 Å². The zero-order valence-electron chi connectivity index (χ0n) is 27.7. The molecule has 0 spiro atoms. The number of aromatic nitrogens is 1. The number of methoxy groups -OCH3 is 1. The Kier molecular flexibility index (Phi) is 11.2. The Bertz CT molecular complexity index is 1390. The lowest BCUT2D eigenvalue weighted by molar-refractivity contribution is -0.182. The van der Waals surface area contributed by atoms with Crippen LogP contribution in [0.5, 0.6) is 0 Å². The molecule has 8 heteroatoms. The third-order valence-corrected chi connectivity index (χ3v) is 10.0. The van der Waals surface area contributed by atoms with Crippen LogP contribution in [-0.4, -0.2) is 67.5 Å². The lowest BCUT2D eigenvalue weighted by atomic mass is 9.78. The van der Waals surface area contributed by atoms with Gasteiger partial charge in [0.25, 0.3) is 0 Å². The van der Waals surface area contributed by atoms with Crippen LogP contribution in [0.25, 0.3) is 16.6 Å². The second kappa shape index (κ2) is 14.7. The SMILES string of the molecule is CCC(CC)(CC)CC.CCc1c2c(nc3ccccc13)C1=CC3=C(COC(=O)[C@@]3(CC)OC(=O)COCCOC)CN1C2. The van der Waals surface area contributed by atoms with Gasteiger partial charge in [-0.3, -0.25) is 0 Å². The first-order valence-electron chi connectivity index (χ1n) is 16.3. The Morgan fingerprint density at radius 2 is 1.73 bits per heavy atom. The summed E-state index contributed by atoms with van der Waals surface area (Å²) < 4.78 is 21.6. The van der Waals surface area contributed by atoms with E-state index in [-0.39, 0.29) is 26.2 Å². The molecule has 3 aliphatic rings. The molecule has 1 aromatic heterocycles. The Morgan fingerprint density at radius 3 is 2.34 bits per heavy atom. The van der Waals surface area contributed by atoms with Gasteiger partial charge in [0.05, 0.1) is 30.1 Å². The summed E-state index contributed by atoms with van der Waals surface area (Å²) in [5, 5.41) is 1.18. The number of esters is 2. The van der Waals surface area contributed by atoms with Crippen molar-refractivity contribution in [1.29, 1.82) is 0 Å². The average Bonchev–Trinajstić information content (AvgIpc) is 3.41. The molecule has 0 N–H and O–H groups in total. The van der Waals surface area contributed by atoms with Gasteiger partial charge in [-0.1, -0.05) is 85.4 Å². The standard InChI is InChI=1S/C27H30N2O6.C9H20/c1-4-18-19-8-6-7-9-22(19)28-25-20(18)14-29-13-17-15-34-26(31)27(5-2,21(17)12-23(25)29)35-24(30)16-33-11-10-32-3;1-5-9(6-2,7-3)8-4/h6-9,12H,4-5,10-11,13-16H2,1-3H3;5-8H2,1-4H3/t27-;/m0./s1. The van der Waals surface area contributed by atoms with Crippen molar-refractivity contribution in [2.75, 3.05) is 40.1 Å². The van der Waals surface area contributed by atoms with Crippen LogP contribution in [-0.2, 0) is 41.5 Å². The molecule has 0 amide bonds. The monoisotopic (exact) mass is 606 g/mol. The van der Waals surface area contributed by atoms with Crippen molar-refractivity contribution in [2.24, 2.45) is 5.41 Å². The largest absolute Gasteiger partial charge is 0.458 e. The molecular weight excluding hydrogens is 556 g/mol. The second-order valence-electron chi connectivity index (χ2n) is 11.9. The quantitative estimate of drug-likeness (QED) is 0.193. The molecule has 44 heavy (non-hydrogen) atoms. The number of pyridine rings is 1. The summed E-state index contributed by atoms with van der Waals surface area (Å²) >= 11 is 0. The van der Waals surface area contributed by atoms with Crippen molar-refractivity contribution in [2.45, 2.75) is 92.2 Å². The highest BCUT2D eigenvalue weighted by Gasteiger charge is 2.51. The fraction of sp³-hybridized carbons (Fsp3) is 0.583. The first kappa shape index (κ1) is 33.7. The van der Waals surface area contributed by atoms with E-state index in [0.717, 1.165) is 35.4 Å². The third kappa shape index (κ3) is 6.43. The number of carbonyl (C=O) groups is 2. The molecule has 0 saturated heterocycles. The molecule has 0 bridgehead atoms. The van der Waals surface area contributed by atoms with Crippen LogP contribution in [0.3, 0.4) is 0 Å². The van der Waals surface area contributed by atoms with Gasteiger partial charge in [0, 0.05) is 36.7 Å². The minimum atomic E-state index is -1.50. The molecular formula is C36H50N2O6. The normalized spacial score (nSPS) is 19.0. The van der Waals surface area contributed by atoms with Crippen molar-refractivity contribution in [3.8, 4) is 0 Å². The zero-order chi connectivity index (χ0) is 31.9. The minimum absolute atomic E-state index is 0.185. The van der Waals surface area contributed by atoms with Crippen LogP contribution in [0.15, 0.2) is 41.5 Å². The van der Waals surface area contributed by atoms with Crippen molar-refractivity contribution in [3.05, 3.63) is 58.3 Å². The molecule has 4 heterocycles. The van der Waals surface area contributed by atoms with E-state index in [2.05, 4.69) is 45.6 Å². The first-order chi connectivity index (χ1) is 21.3. The van der Waals surface area contributed by atoms with Gasteiger partial charge in [0.15, 0.2) is 0 Å². The van der Waals surface area contributed by atoms with Gasteiger partial charge in [-0.25, -0.2) is 14.6 Å². The maximum atomic E-state index is 13.1. The van der Waals surface area contributed by atoms with Crippen LogP contribution in [0.4, 0.5) is 0 Å². The van der Waals surface area contributed by atoms with Gasteiger partial charge in [-0.05, 0) is 41.5 Å². The summed E-state index contributed by atoms with van der Waals surface area (Å²) in [4.78, 5) is 33.0. The average molecular weight is 607 g/mol. The molecule has 0 radical (unpaired) electrons. The lowest BCUT2D eigenvalue weighted by Gasteiger charge is -2.40. The minimum Gasteiger partial charge on any atom is -0.458 e. The number of cyclic esters (lactones) is 1. The van der Waals surface area contributed by atoms with E-state index >= 15 is 0 Å². The van der Waals surface area contributed by atoms with E-state index in [1.165, 1.54) is 42.2 Å². The molecule has 0 aliphatic carbocycles. The Hall–Kier alpha value is -3.23. The van der Waals surface area contributed by atoms with Crippen LogP contribution < -0.4 is 0 Å². The van der Waals surface area contributed by atoms with Gasteiger partial charge < -0.3 is 23.8 Å². The predicted molar refractivity (Wildman–Crippen MR) is 173 cm³/mol. The Morgan fingerprint density at radius 1 is 1.02 bits per heavy atom. The number of carbonyl (C=O) groups excluding carboxylic acids is 2. The Balaban J connectivity index is 0.000000429. The number of fused-ring (bicyclic) bond motifs is 4. The molecule has 5 rings (SSSR count). The molecule has 0 fully saturated rings. The molecule has 240 valence electrons. The first-order valence-corrected chi connectivity index (χ1v) is 16.3. The van der Waals surface area contributed by atoms with E-state index < -0.39 is 17.5 Å². The summed E-state index contributed by atoms with van der Waals surface area (Å²) in [6, 6.07) is 8.20. The number of para-hydroxylation sites is 1. The zero-order valence-corrected chi connectivity index (χ0v) is 27.7. The highest BCUT2D eigenvalue weighted by atomic mass is 16.6. The summed E-state index contributed by atoms with van der Waals surface area (Å²) in [5.74, 6) is -1.16. The van der Waals surface area contributed by atoms with E-state index in [1.54, 1.807) is 7.11 Å². The lowest BCUT2D eigenvalue weighted by Crippen LogP contribution is -2.51. The van der Waals surface area contributed by atoms with E-state index in [0.29, 0.717) is 24.1 Å². The molecule has 8 nitrogen and oxygen atoms in total. The van der Waals surface area contributed by atoms with Crippen LogP contribution in [0, 0.1) is 5.41 Å². The van der Waals surface area contributed by atoms with Crippen LogP contribution in [0.2, 0.25) is 0 Å². The summed E-state index contributed by atoms with van der Waals surface area (Å²) in [6.07, 6.45) is 8.52. The van der Waals surface area contributed by atoms with Gasteiger partial charge >= 0.3 is 11.9 Å². The molecule has 0 saturated carbocycles. The number of hydrogen-bond donors (Lipinski definition) is 0. The molecule has 3 aliphatic heterocycles. The van der Waals surface area contributed by atoms with Gasteiger partial charge in [0.2, 0.25) is 5.60 Å². The van der Waals surface area contributed by atoms with Crippen molar-refractivity contribution in [3.63, 3.8) is 0 Å². The van der Waals surface area contributed by atoms with Crippen molar-refractivity contribution >= 4 is 28.5 Å². The summed E-state index contributed by atoms with van der Waals surface area (Å²) in [6.45, 7) is 15.1. The fourth-order valence-electron chi connectivity index (χ4n) is 6.82. The highest BCUT2D eigenvalue weighted by Crippen LogP contribution is 2.45. The maximum Gasteiger partial charge on any atom is 0.355 e. The molecule has 2 aromatic rings. The number of ether oxygens (including phenoxy) is 4. The topological polar surface area (TPSA) is 87.2 Å². The van der Waals surface area contributed by atoms with Gasteiger partial charge in [0.1, 0.15) is 13.2 Å². The number of aryl methyl sites for hydroxylation is 1. The van der Waals surface area contributed by atoms with E-state index in [4.69, 9.17) is 23.9 Å². The number of nitrogens with zero attached hydrogens (tertiary/aromatic N) is 2. The van der Waals surface area contributed by atoms with Gasteiger partial charge in [-0.15, -0.1) is 0 Å². The molecule has 0 unspecified atom stereocenters. The maximum absolute atomic E-state index is 13.1. The number of benzene rings is 1. The van der Waals surface area contributed by atoms with Gasteiger partial charge in [-0.2, -0.15) is 0 Å². The molecule has 1 aromatic carbocycles. The summed E-state index contributed by atoms with van der Waals surface area (Å²) in [7, 11) is 1.56. The molecule has 1 atom stereocenters. The van der Waals surface area contributed by atoms with E-state index in [1.807, 2.05) is 31.2 Å². The second-order valence-corrected chi connectivity index (χ2v) is 11.9. The third-order valence-electron chi connectivity index (χ3n) is 10.0. The smallest absolute Gasteiger partial charge is 0.355 e. The van der Waals surface area contributed by atoms with Crippen LogP contribution >= 0.6 is 0 Å². The van der Waals surface area contributed by atoms with Crippen molar-refractivity contribution < 1.29 is 28.5 Å². The fourth-order valence-corrected chi connectivity index (χ4v) is 6.82. The number of hydrogen-bond acceptors (Lipinski definition) is 8. The summed E-state index contributed by atoms with van der Waals surface area (Å²) in [5.41, 5.74) is 6.18. The number of rotatable bonds is 12. The predicted octanol–water partition coefficient (Wildman–Crippen LogP) is 6.79. The van der Waals surface area contributed by atoms with Crippen LogP contribution in [0.1, 0.15) is 90.5 Å². The Labute approximate surface area is 262 Å². The highest BCUT2D eigenvalue weighted by molar-refractivity contribution is 5.93. The van der Waals surface area contributed by atoms with E-state index in [9.17, 15) is 9.59 Å².